The van der Waals surface area contributed by atoms with Crippen LogP contribution in [0.1, 0.15) is 34.5 Å². The van der Waals surface area contributed by atoms with Gasteiger partial charge in [0, 0.05) is 6.20 Å². The van der Waals surface area contributed by atoms with E-state index >= 15 is 0 Å². The smallest absolute Gasteiger partial charge is 0.334 e. The highest BCUT2D eigenvalue weighted by atomic mass is 32.1. The molecule has 12 heteroatoms. The van der Waals surface area contributed by atoms with Gasteiger partial charge in [-0.25, -0.2) is 19.7 Å². The van der Waals surface area contributed by atoms with E-state index in [9.17, 15) is 14.4 Å². The van der Waals surface area contributed by atoms with Gasteiger partial charge in [0.05, 0.1) is 46.9 Å². The number of thiophene rings is 1. The van der Waals surface area contributed by atoms with Crippen LogP contribution in [0.2, 0.25) is 0 Å². The van der Waals surface area contributed by atoms with Crippen LogP contribution in [0.15, 0.2) is 61.8 Å². The standard InChI is InChI=1S/C28H25N7O4S/c1-3-22(36)33-18-5-4-6-20(18)35-24-23-21(9-10-32-27(23)40-25(24)26(29)37)34(28(35)38)19-8-7-16(11-15(19)2)39-17-12-30-14-31-13-17/h3,7-14,18,20H,1,4-6H2,2H3,(H2,29,37)(H,33,36)/t18-,20+/m0/s1. The predicted molar refractivity (Wildman–Crippen MR) is 151 cm³/mol. The van der Waals surface area contributed by atoms with Crippen LogP contribution in [-0.4, -0.2) is 44.9 Å². The van der Waals surface area contributed by atoms with Gasteiger partial charge in [-0.15, -0.1) is 11.3 Å². The first-order chi connectivity index (χ1) is 19.4. The summed E-state index contributed by atoms with van der Waals surface area (Å²) in [6, 6.07) is 6.10. The Balaban J connectivity index is 1.49. The monoisotopic (exact) mass is 555 g/mol. The highest BCUT2D eigenvalue weighted by Crippen LogP contribution is 2.50. The number of nitrogens with zero attached hydrogens (tertiary/aromatic N) is 5. The summed E-state index contributed by atoms with van der Waals surface area (Å²) >= 11 is 1.16. The van der Waals surface area contributed by atoms with E-state index in [1.807, 2.05) is 19.1 Å². The van der Waals surface area contributed by atoms with Crippen LogP contribution in [0.4, 0.5) is 21.9 Å². The van der Waals surface area contributed by atoms with E-state index in [0.29, 0.717) is 51.6 Å². The number of primary amides is 1. The van der Waals surface area contributed by atoms with E-state index in [0.717, 1.165) is 23.3 Å². The van der Waals surface area contributed by atoms with Gasteiger partial charge in [-0.05, 0) is 62.1 Å². The van der Waals surface area contributed by atoms with Gasteiger partial charge < -0.3 is 15.8 Å². The third kappa shape index (κ3) is 4.22. The highest BCUT2D eigenvalue weighted by Gasteiger charge is 2.45. The first-order valence-electron chi connectivity index (χ1n) is 12.7. The van der Waals surface area contributed by atoms with Gasteiger partial charge in [0.2, 0.25) is 5.91 Å². The fourth-order valence-corrected chi connectivity index (χ4v) is 6.51. The first-order valence-corrected chi connectivity index (χ1v) is 13.5. The number of pyridine rings is 1. The third-order valence-corrected chi connectivity index (χ3v) is 8.26. The largest absolute Gasteiger partial charge is 0.454 e. The number of anilines is 3. The minimum Gasteiger partial charge on any atom is -0.454 e. The normalized spacial score (nSPS) is 18.2. The number of carbonyl (C=O) groups excluding carboxylic acids is 3. The maximum Gasteiger partial charge on any atom is 0.334 e. The number of hydrogen-bond donors (Lipinski definition) is 2. The molecule has 4 heterocycles. The van der Waals surface area contributed by atoms with E-state index < -0.39 is 11.9 Å². The molecule has 1 saturated carbocycles. The number of ether oxygens (including phenoxy) is 1. The van der Waals surface area contributed by atoms with Crippen molar-refractivity contribution >= 4 is 56.5 Å². The number of aromatic nitrogens is 3. The lowest BCUT2D eigenvalue weighted by Crippen LogP contribution is -2.55. The summed E-state index contributed by atoms with van der Waals surface area (Å²) in [6.07, 6.45) is 9.49. The Hall–Kier alpha value is -4.84. The Morgan fingerprint density at radius 3 is 2.70 bits per heavy atom. The molecule has 2 atom stereocenters. The zero-order valence-corrected chi connectivity index (χ0v) is 22.4. The minimum absolute atomic E-state index is 0.259. The molecular formula is C28H25N7O4S. The van der Waals surface area contributed by atoms with E-state index in [-0.39, 0.29) is 22.9 Å². The summed E-state index contributed by atoms with van der Waals surface area (Å²) in [5.74, 6) is 0.0949. The van der Waals surface area contributed by atoms with Crippen LogP contribution in [-0.2, 0) is 4.79 Å². The van der Waals surface area contributed by atoms with Gasteiger partial charge >= 0.3 is 6.03 Å². The van der Waals surface area contributed by atoms with Gasteiger partial charge in [0.25, 0.3) is 5.91 Å². The van der Waals surface area contributed by atoms with Gasteiger partial charge in [-0.3, -0.25) is 19.4 Å². The Labute approximate surface area is 233 Å². The Morgan fingerprint density at radius 1 is 1.18 bits per heavy atom. The molecule has 0 unspecified atom stereocenters. The number of rotatable bonds is 7. The Kier molecular flexibility index (Phi) is 6.39. The number of nitrogens with two attached hydrogens (primary N) is 1. The lowest BCUT2D eigenvalue weighted by molar-refractivity contribution is -0.117. The molecule has 1 aliphatic heterocycles. The molecule has 3 aromatic heterocycles. The molecular weight excluding hydrogens is 530 g/mol. The van der Waals surface area contributed by atoms with Crippen molar-refractivity contribution in [1.82, 2.24) is 20.3 Å². The number of carbonyl (C=O) groups is 3. The summed E-state index contributed by atoms with van der Waals surface area (Å²) in [5, 5.41) is 3.63. The Morgan fingerprint density at radius 2 is 1.98 bits per heavy atom. The maximum absolute atomic E-state index is 14.5. The molecule has 11 nitrogen and oxygen atoms in total. The van der Waals surface area contributed by atoms with E-state index in [1.165, 1.54) is 12.4 Å². The molecule has 1 aliphatic carbocycles. The van der Waals surface area contributed by atoms with Gasteiger partial charge in [-0.1, -0.05) is 6.58 Å². The third-order valence-electron chi connectivity index (χ3n) is 7.15. The lowest BCUT2D eigenvalue weighted by Gasteiger charge is -2.41. The second-order valence-corrected chi connectivity index (χ2v) is 10.6. The average molecular weight is 556 g/mol. The molecule has 40 heavy (non-hydrogen) atoms. The average Bonchev–Trinajstić information content (AvgIpc) is 3.56. The van der Waals surface area contributed by atoms with Crippen molar-refractivity contribution in [2.45, 2.75) is 38.3 Å². The van der Waals surface area contributed by atoms with E-state index in [2.05, 4.69) is 26.8 Å². The molecule has 6 rings (SSSR count). The molecule has 1 aromatic carbocycles. The molecule has 202 valence electrons. The van der Waals surface area contributed by atoms with Crippen LogP contribution in [0, 0.1) is 6.92 Å². The van der Waals surface area contributed by atoms with Crippen molar-refractivity contribution in [3.8, 4) is 11.5 Å². The molecule has 3 N–H and O–H groups in total. The van der Waals surface area contributed by atoms with E-state index in [1.54, 1.807) is 40.5 Å². The van der Waals surface area contributed by atoms with Crippen LogP contribution in [0.25, 0.3) is 10.2 Å². The van der Waals surface area contributed by atoms with Crippen molar-refractivity contribution in [2.75, 3.05) is 9.80 Å². The Bertz CT molecular complexity index is 1670. The second-order valence-electron chi connectivity index (χ2n) is 9.58. The number of hydrogen-bond acceptors (Lipinski definition) is 8. The molecule has 0 bridgehead atoms. The molecule has 0 saturated heterocycles. The molecule has 0 spiro atoms. The summed E-state index contributed by atoms with van der Waals surface area (Å²) in [7, 11) is 0. The fourth-order valence-electron chi connectivity index (χ4n) is 5.50. The molecule has 2 aliphatic rings. The number of amides is 4. The van der Waals surface area contributed by atoms with Crippen molar-refractivity contribution < 1.29 is 19.1 Å². The van der Waals surface area contributed by atoms with Crippen molar-refractivity contribution in [2.24, 2.45) is 5.73 Å². The van der Waals surface area contributed by atoms with Crippen LogP contribution < -0.4 is 25.6 Å². The van der Waals surface area contributed by atoms with Crippen molar-refractivity contribution in [1.29, 1.82) is 0 Å². The van der Waals surface area contributed by atoms with Gasteiger partial charge in [-0.2, -0.15) is 0 Å². The maximum atomic E-state index is 14.5. The van der Waals surface area contributed by atoms with Crippen molar-refractivity contribution in [3.63, 3.8) is 0 Å². The fraction of sp³-hybridized carbons (Fsp3) is 0.214. The molecule has 4 amide bonds. The summed E-state index contributed by atoms with van der Waals surface area (Å²) in [4.78, 5) is 55.9. The number of aryl methyl sites for hydroxylation is 1. The molecule has 1 fully saturated rings. The topological polar surface area (TPSA) is 144 Å². The van der Waals surface area contributed by atoms with Gasteiger partial charge in [0.1, 0.15) is 21.8 Å². The van der Waals surface area contributed by atoms with Crippen LogP contribution in [0.3, 0.4) is 0 Å². The quantitative estimate of drug-likeness (QED) is 0.318. The van der Waals surface area contributed by atoms with Gasteiger partial charge in [0.15, 0.2) is 5.75 Å². The van der Waals surface area contributed by atoms with Crippen LogP contribution in [0.5, 0.6) is 11.5 Å². The molecule has 4 aromatic rings. The SMILES string of the molecule is C=CC(=O)N[C@H]1CCC[C@H]1N1C(=O)N(c2ccc(Oc3cncnc3)cc2C)c2ccnc3sc(C(N)=O)c1c23. The minimum atomic E-state index is -0.637. The first kappa shape index (κ1) is 25.4. The highest BCUT2D eigenvalue weighted by molar-refractivity contribution is 7.21. The predicted octanol–water partition coefficient (Wildman–Crippen LogP) is 4.59. The second kappa shape index (κ2) is 10.0. The summed E-state index contributed by atoms with van der Waals surface area (Å²) in [5.41, 5.74) is 8.28. The van der Waals surface area contributed by atoms with E-state index in [4.69, 9.17) is 10.5 Å². The molecule has 0 radical (unpaired) electrons. The number of nitrogens with one attached hydrogen (secondary N) is 1. The number of benzene rings is 1. The number of urea groups is 1. The zero-order valence-electron chi connectivity index (χ0n) is 21.5. The van der Waals surface area contributed by atoms with Crippen LogP contribution >= 0.6 is 11.3 Å². The lowest BCUT2D eigenvalue weighted by atomic mass is 10.0. The van der Waals surface area contributed by atoms with Crippen molar-refractivity contribution in [3.05, 3.63) is 72.3 Å². The summed E-state index contributed by atoms with van der Waals surface area (Å²) in [6.45, 7) is 5.44. The summed E-state index contributed by atoms with van der Waals surface area (Å²) < 4.78 is 5.89. The zero-order chi connectivity index (χ0) is 28.0.